The normalized spacial score (nSPS) is 11.2. The highest BCUT2D eigenvalue weighted by molar-refractivity contribution is 5.90. The van der Waals surface area contributed by atoms with Crippen LogP contribution < -0.4 is 5.32 Å². The van der Waals surface area contributed by atoms with Crippen molar-refractivity contribution in [3.05, 3.63) is 46.5 Å². The van der Waals surface area contributed by atoms with E-state index in [1.54, 1.807) is 0 Å². The molecular weight excluding hydrogens is 347 g/mol. The molecule has 0 unspecified atom stereocenters. The first kappa shape index (κ1) is 17.8. The zero-order valence-electron chi connectivity index (χ0n) is 11.8. The molecule has 0 atom stereocenters. The van der Waals surface area contributed by atoms with Gasteiger partial charge in [0.25, 0.3) is 6.43 Å². The number of halogens is 7. The number of carbonyl (C=O) groups is 1. The number of rotatable bonds is 4. The molecule has 24 heavy (non-hydrogen) atoms. The van der Waals surface area contributed by atoms with E-state index in [4.69, 9.17) is 0 Å². The van der Waals surface area contributed by atoms with Crippen molar-refractivity contribution in [1.82, 2.24) is 9.78 Å². The Hall–Kier alpha value is -2.59. The van der Waals surface area contributed by atoms with Gasteiger partial charge < -0.3 is 5.32 Å². The number of hydrogen-bond donors (Lipinski definition) is 1. The molecular formula is C13H8F7N3O. The highest BCUT2D eigenvalue weighted by Gasteiger charge is 2.27. The Morgan fingerprint density at radius 2 is 1.58 bits per heavy atom. The van der Waals surface area contributed by atoms with Crippen LogP contribution in [-0.2, 0) is 11.3 Å². The molecule has 0 fully saturated rings. The number of nitrogens with zero attached hydrogens (tertiary/aromatic N) is 2. The van der Waals surface area contributed by atoms with Crippen LogP contribution in [0.4, 0.5) is 36.4 Å². The Bertz CT molecular complexity index is 774. The van der Waals surface area contributed by atoms with E-state index >= 15 is 0 Å². The highest BCUT2D eigenvalue weighted by Crippen LogP contribution is 2.27. The number of nitrogens with one attached hydrogen (secondary N) is 1. The number of benzene rings is 1. The van der Waals surface area contributed by atoms with E-state index in [2.05, 4.69) is 5.10 Å². The van der Waals surface area contributed by atoms with E-state index in [0.29, 0.717) is 4.68 Å². The maximum Gasteiger partial charge on any atom is 0.280 e. The first-order chi connectivity index (χ1) is 11.1. The van der Waals surface area contributed by atoms with Crippen molar-refractivity contribution in [2.75, 3.05) is 5.32 Å². The minimum atomic E-state index is -2.98. The molecule has 0 bridgehead atoms. The van der Waals surface area contributed by atoms with Crippen molar-refractivity contribution in [1.29, 1.82) is 0 Å². The fraction of sp³-hybridized carbons (Fsp3) is 0.231. The third-order valence-corrected chi connectivity index (χ3v) is 2.92. The van der Waals surface area contributed by atoms with Gasteiger partial charge in [0.15, 0.2) is 23.3 Å². The Labute approximate surface area is 129 Å². The molecule has 1 amide bonds. The van der Waals surface area contributed by atoms with Crippen LogP contribution in [0.25, 0.3) is 0 Å². The molecule has 2 rings (SSSR count). The number of aryl methyl sites for hydroxylation is 1. The van der Waals surface area contributed by atoms with Gasteiger partial charge in [-0.05, 0) is 13.0 Å². The standard InChI is InChI=1S/C13H8F7N3O/c1-4-2-5(13(19)20)23(22-4)3-6(24)21-12-10(17)8(15)7(14)9(16)11(12)18/h2,13H,3H2,1H3,(H,21,24). The van der Waals surface area contributed by atoms with Crippen LogP contribution in [0.3, 0.4) is 0 Å². The zero-order valence-corrected chi connectivity index (χ0v) is 11.8. The summed E-state index contributed by atoms with van der Waals surface area (Å²) >= 11 is 0. The lowest BCUT2D eigenvalue weighted by atomic mass is 10.2. The predicted octanol–water partition coefficient (Wildman–Crippen LogP) is 3.46. The molecule has 0 radical (unpaired) electrons. The average molecular weight is 355 g/mol. The molecule has 0 saturated carbocycles. The van der Waals surface area contributed by atoms with Crippen molar-refractivity contribution in [2.45, 2.75) is 19.9 Å². The summed E-state index contributed by atoms with van der Waals surface area (Å²) in [6.45, 7) is 0.456. The monoisotopic (exact) mass is 355 g/mol. The first-order valence-corrected chi connectivity index (χ1v) is 6.27. The number of amides is 1. The Morgan fingerprint density at radius 1 is 1.08 bits per heavy atom. The average Bonchev–Trinajstić information content (AvgIpc) is 2.88. The fourth-order valence-electron chi connectivity index (χ4n) is 1.90. The van der Waals surface area contributed by atoms with Crippen molar-refractivity contribution in [3.8, 4) is 0 Å². The van der Waals surface area contributed by atoms with Gasteiger partial charge in [0.1, 0.15) is 17.9 Å². The lowest BCUT2D eigenvalue weighted by molar-refractivity contribution is -0.117. The van der Waals surface area contributed by atoms with Crippen LogP contribution in [0.1, 0.15) is 17.8 Å². The van der Waals surface area contributed by atoms with Crippen molar-refractivity contribution < 1.29 is 35.5 Å². The van der Waals surface area contributed by atoms with Gasteiger partial charge in [0.05, 0.1) is 5.69 Å². The summed E-state index contributed by atoms with van der Waals surface area (Å²) in [6, 6.07) is 0.982. The lowest BCUT2D eigenvalue weighted by Gasteiger charge is -2.11. The molecule has 11 heteroatoms. The van der Waals surface area contributed by atoms with E-state index in [1.165, 1.54) is 12.2 Å². The van der Waals surface area contributed by atoms with Crippen LogP contribution in [0.15, 0.2) is 6.07 Å². The molecule has 0 aliphatic rings. The number of hydrogen-bond acceptors (Lipinski definition) is 2. The van der Waals surface area contributed by atoms with E-state index in [-0.39, 0.29) is 5.69 Å². The van der Waals surface area contributed by atoms with Gasteiger partial charge >= 0.3 is 0 Å². The van der Waals surface area contributed by atoms with E-state index < -0.39 is 59.3 Å². The van der Waals surface area contributed by atoms with Gasteiger partial charge in [-0.25, -0.2) is 30.7 Å². The second-order valence-electron chi connectivity index (χ2n) is 4.66. The second kappa shape index (κ2) is 6.49. The molecule has 0 saturated heterocycles. The smallest absolute Gasteiger partial charge is 0.280 e. The third kappa shape index (κ3) is 3.19. The summed E-state index contributed by atoms with van der Waals surface area (Å²) in [7, 11) is 0. The summed E-state index contributed by atoms with van der Waals surface area (Å²) in [5.74, 6) is -12.7. The molecule has 0 aliphatic heterocycles. The highest BCUT2D eigenvalue weighted by atomic mass is 19.3. The number of carbonyl (C=O) groups excluding carboxylic acids is 1. The molecule has 0 aliphatic carbocycles. The van der Waals surface area contributed by atoms with Crippen LogP contribution in [0, 0.1) is 36.0 Å². The minimum Gasteiger partial charge on any atom is -0.319 e. The summed E-state index contributed by atoms with van der Waals surface area (Å²) < 4.78 is 91.9. The molecule has 2 aromatic rings. The maximum absolute atomic E-state index is 13.4. The van der Waals surface area contributed by atoms with Crippen LogP contribution in [-0.4, -0.2) is 15.7 Å². The van der Waals surface area contributed by atoms with E-state index in [0.717, 1.165) is 6.07 Å². The molecule has 0 spiro atoms. The quantitative estimate of drug-likeness (QED) is 0.519. The zero-order chi connectivity index (χ0) is 18.2. The van der Waals surface area contributed by atoms with E-state index in [1.807, 2.05) is 0 Å². The van der Waals surface area contributed by atoms with E-state index in [9.17, 15) is 35.5 Å². The largest absolute Gasteiger partial charge is 0.319 e. The summed E-state index contributed by atoms with van der Waals surface area (Å²) in [5, 5.41) is 5.06. The van der Waals surface area contributed by atoms with Gasteiger partial charge in [-0.2, -0.15) is 5.10 Å². The number of anilines is 1. The van der Waals surface area contributed by atoms with Crippen molar-refractivity contribution >= 4 is 11.6 Å². The van der Waals surface area contributed by atoms with Crippen LogP contribution >= 0.6 is 0 Å². The molecule has 130 valence electrons. The molecule has 1 aromatic carbocycles. The third-order valence-electron chi connectivity index (χ3n) is 2.92. The summed E-state index contributed by atoms with van der Waals surface area (Å²) in [4.78, 5) is 11.7. The molecule has 4 nitrogen and oxygen atoms in total. The fourth-order valence-corrected chi connectivity index (χ4v) is 1.90. The Balaban J connectivity index is 2.29. The Morgan fingerprint density at radius 3 is 2.08 bits per heavy atom. The van der Waals surface area contributed by atoms with Crippen molar-refractivity contribution in [3.63, 3.8) is 0 Å². The van der Waals surface area contributed by atoms with Gasteiger partial charge in [-0.15, -0.1) is 0 Å². The minimum absolute atomic E-state index is 0.148. The SMILES string of the molecule is Cc1cc(C(F)F)n(CC(=O)Nc2c(F)c(F)c(F)c(F)c2F)n1. The first-order valence-electron chi connectivity index (χ1n) is 6.27. The maximum atomic E-state index is 13.4. The molecule has 1 heterocycles. The summed E-state index contributed by atoms with van der Waals surface area (Å²) in [5.41, 5.74) is -2.06. The van der Waals surface area contributed by atoms with Gasteiger partial charge in [0, 0.05) is 0 Å². The van der Waals surface area contributed by atoms with Gasteiger partial charge in [-0.3, -0.25) is 9.48 Å². The molecule has 1 aromatic heterocycles. The van der Waals surface area contributed by atoms with Crippen LogP contribution in [0.2, 0.25) is 0 Å². The van der Waals surface area contributed by atoms with Crippen molar-refractivity contribution in [2.24, 2.45) is 0 Å². The van der Waals surface area contributed by atoms with Crippen LogP contribution in [0.5, 0.6) is 0 Å². The second-order valence-corrected chi connectivity index (χ2v) is 4.66. The summed E-state index contributed by atoms with van der Waals surface area (Å²) in [6.07, 6.45) is -2.98. The van der Waals surface area contributed by atoms with Gasteiger partial charge in [0.2, 0.25) is 11.7 Å². The lowest BCUT2D eigenvalue weighted by Crippen LogP contribution is -2.23. The number of aromatic nitrogens is 2. The topological polar surface area (TPSA) is 46.9 Å². The number of alkyl halides is 2. The Kier molecular flexibility index (Phi) is 4.81. The molecule has 1 N–H and O–H groups in total. The van der Waals surface area contributed by atoms with Gasteiger partial charge in [-0.1, -0.05) is 0 Å². The predicted molar refractivity (Wildman–Crippen MR) is 66.8 cm³/mol.